The molecule has 1 unspecified atom stereocenters. The van der Waals surface area contributed by atoms with Crippen molar-refractivity contribution in [2.75, 3.05) is 13.2 Å². The molecule has 0 aromatic rings. The molecule has 0 spiro atoms. The third-order valence-corrected chi connectivity index (χ3v) is 10.7. The van der Waals surface area contributed by atoms with Crippen LogP contribution in [0.15, 0.2) is 36.5 Å². The van der Waals surface area contributed by atoms with Gasteiger partial charge in [0.05, 0.1) is 6.61 Å². The van der Waals surface area contributed by atoms with Gasteiger partial charge in [-0.3, -0.25) is 9.59 Å². The molecule has 5 nitrogen and oxygen atoms in total. The van der Waals surface area contributed by atoms with Gasteiger partial charge in [-0.25, -0.2) is 0 Å². The molecule has 0 radical (unpaired) electrons. The number of hydrogen-bond acceptors (Lipinski definition) is 5. The number of rotatable bonds is 44. The second-order valence-corrected chi connectivity index (χ2v) is 16.2. The van der Waals surface area contributed by atoms with Crippen molar-refractivity contribution in [3.05, 3.63) is 36.5 Å². The highest BCUT2D eigenvalue weighted by atomic mass is 16.6. The highest BCUT2D eigenvalue weighted by Gasteiger charge is 2.16. The summed E-state index contributed by atoms with van der Waals surface area (Å²) in [5, 5.41) is 9.60. The quantitative estimate of drug-likeness (QED) is 0.0379. The fourth-order valence-corrected chi connectivity index (χ4v) is 6.99. The van der Waals surface area contributed by atoms with Gasteiger partial charge < -0.3 is 14.6 Å². The normalized spacial score (nSPS) is 12.4. The van der Waals surface area contributed by atoms with E-state index in [1.807, 2.05) is 0 Å². The van der Waals surface area contributed by atoms with Gasteiger partial charge in [0.25, 0.3) is 0 Å². The highest BCUT2D eigenvalue weighted by Crippen LogP contribution is 2.15. The molecule has 0 fully saturated rings. The molecule has 0 aliphatic heterocycles. The van der Waals surface area contributed by atoms with Crippen LogP contribution in [0.2, 0.25) is 0 Å². The van der Waals surface area contributed by atoms with E-state index >= 15 is 0 Å². The number of esters is 2. The van der Waals surface area contributed by atoms with Crippen LogP contribution in [0.25, 0.3) is 0 Å². The van der Waals surface area contributed by atoms with Crippen LogP contribution >= 0.6 is 0 Å². The van der Waals surface area contributed by atoms with E-state index in [2.05, 4.69) is 50.3 Å². The highest BCUT2D eigenvalue weighted by molar-refractivity contribution is 5.70. The van der Waals surface area contributed by atoms with E-state index in [1.54, 1.807) is 0 Å². The maximum atomic E-state index is 12.2. The summed E-state index contributed by atoms with van der Waals surface area (Å²) in [6.07, 6.45) is 58.0. The van der Waals surface area contributed by atoms with E-state index in [0.29, 0.717) is 12.8 Å². The van der Waals surface area contributed by atoms with Gasteiger partial charge in [-0.2, -0.15) is 0 Å². The van der Waals surface area contributed by atoms with Crippen LogP contribution in [-0.2, 0) is 19.1 Å². The van der Waals surface area contributed by atoms with Gasteiger partial charge in [0.1, 0.15) is 6.61 Å². The fourth-order valence-electron chi connectivity index (χ4n) is 6.99. The zero-order valence-corrected chi connectivity index (χ0v) is 36.7. The minimum absolute atomic E-state index is 0.0693. The maximum Gasteiger partial charge on any atom is 0.306 e. The fraction of sp³-hybridized carbons (Fsp3) is 0.840. The summed E-state index contributed by atoms with van der Waals surface area (Å²) in [6.45, 7) is 4.13. The van der Waals surface area contributed by atoms with Gasteiger partial charge in [0, 0.05) is 12.8 Å². The summed E-state index contributed by atoms with van der Waals surface area (Å²) >= 11 is 0. The summed E-state index contributed by atoms with van der Waals surface area (Å²) < 4.78 is 10.6. The van der Waals surface area contributed by atoms with E-state index in [0.717, 1.165) is 51.4 Å². The van der Waals surface area contributed by atoms with E-state index in [1.165, 1.54) is 173 Å². The third-order valence-electron chi connectivity index (χ3n) is 10.7. The first-order chi connectivity index (χ1) is 27.1. The van der Waals surface area contributed by atoms with Crippen molar-refractivity contribution in [2.24, 2.45) is 0 Å². The molecule has 55 heavy (non-hydrogen) atoms. The molecule has 0 aromatic carbocycles. The van der Waals surface area contributed by atoms with Gasteiger partial charge in [0.15, 0.2) is 6.10 Å². The summed E-state index contributed by atoms with van der Waals surface area (Å²) in [5.41, 5.74) is 0. The second kappa shape index (κ2) is 46.5. The molecule has 0 saturated carbocycles. The predicted octanol–water partition coefficient (Wildman–Crippen LogP) is 15.6. The molecular weight excluding hydrogens is 681 g/mol. The van der Waals surface area contributed by atoms with E-state index in [-0.39, 0.29) is 25.2 Å². The average Bonchev–Trinajstić information content (AvgIpc) is 3.19. The van der Waals surface area contributed by atoms with Crippen molar-refractivity contribution < 1.29 is 24.2 Å². The van der Waals surface area contributed by atoms with Crippen LogP contribution in [0.5, 0.6) is 0 Å². The topological polar surface area (TPSA) is 72.8 Å². The van der Waals surface area contributed by atoms with Crippen LogP contribution in [0, 0.1) is 0 Å². The Morgan fingerprint density at radius 2 is 0.727 bits per heavy atom. The Morgan fingerprint density at radius 3 is 1.11 bits per heavy atom. The van der Waals surface area contributed by atoms with Crippen LogP contribution in [-0.4, -0.2) is 36.4 Å². The SMILES string of the molecule is CCCCCC/C=C\C/C=C\CCCCCCCC(=O)OC(CO)COC(=O)CCCCCCCCCCCCCCC/C=C\CCCCCCCCCC. The summed E-state index contributed by atoms with van der Waals surface area (Å²) in [4.78, 5) is 24.4. The molecule has 0 aliphatic rings. The monoisotopic (exact) mass is 773 g/mol. The number of carbonyl (C=O) groups is 2. The van der Waals surface area contributed by atoms with E-state index in [4.69, 9.17) is 9.47 Å². The van der Waals surface area contributed by atoms with Gasteiger partial charge in [-0.05, 0) is 70.6 Å². The molecule has 0 bridgehead atoms. The molecule has 0 saturated heterocycles. The average molecular weight is 773 g/mol. The first-order valence-corrected chi connectivity index (χ1v) is 24.0. The van der Waals surface area contributed by atoms with Crippen LogP contribution in [0.1, 0.15) is 251 Å². The zero-order chi connectivity index (χ0) is 40.0. The van der Waals surface area contributed by atoms with Crippen molar-refractivity contribution >= 4 is 11.9 Å². The molecule has 0 aromatic heterocycles. The lowest BCUT2D eigenvalue weighted by Gasteiger charge is -2.15. The van der Waals surface area contributed by atoms with Crippen LogP contribution in [0.4, 0.5) is 0 Å². The van der Waals surface area contributed by atoms with Crippen molar-refractivity contribution in [3.63, 3.8) is 0 Å². The smallest absolute Gasteiger partial charge is 0.306 e. The van der Waals surface area contributed by atoms with Crippen LogP contribution < -0.4 is 0 Å². The van der Waals surface area contributed by atoms with Gasteiger partial charge in [-0.15, -0.1) is 0 Å². The lowest BCUT2D eigenvalue weighted by molar-refractivity contribution is -0.161. The van der Waals surface area contributed by atoms with Crippen molar-refractivity contribution in [1.29, 1.82) is 0 Å². The molecule has 322 valence electrons. The maximum absolute atomic E-state index is 12.2. The Bertz CT molecular complexity index is 877. The molecule has 0 amide bonds. The number of hydrogen-bond donors (Lipinski definition) is 1. The first-order valence-electron chi connectivity index (χ1n) is 24.0. The van der Waals surface area contributed by atoms with Crippen molar-refractivity contribution in [2.45, 2.75) is 258 Å². The Kier molecular flexibility index (Phi) is 44.9. The van der Waals surface area contributed by atoms with E-state index < -0.39 is 6.10 Å². The largest absolute Gasteiger partial charge is 0.462 e. The number of ether oxygens (including phenoxy) is 2. The predicted molar refractivity (Wildman–Crippen MR) is 238 cm³/mol. The van der Waals surface area contributed by atoms with E-state index in [9.17, 15) is 14.7 Å². The lowest BCUT2D eigenvalue weighted by Crippen LogP contribution is -2.28. The molecule has 1 atom stereocenters. The number of carbonyl (C=O) groups excluding carboxylic acids is 2. The number of allylic oxidation sites excluding steroid dienone is 6. The van der Waals surface area contributed by atoms with Gasteiger partial charge in [0.2, 0.25) is 0 Å². The molecule has 0 rings (SSSR count). The zero-order valence-electron chi connectivity index (χ0n) is 36.7. The summed E-state index contributed by atoms with van der Waals surface area (Å²) in [7, 11) is 0. The van der Waals surface area contributed by atoms with Crippen LogP contribution in [0.3, 0.4) is 0 Å². The first kappa shape index (κ1) is 53.1. The van der Waals surface area contributed by atoms with Gasteiger partial charge >= 0.3 is 11.9 Å². The Morgan fingerprint density at radius 1 is 0.418 bits per heavy atom. The molecule has 0 heterocycles. The molecule has 1 N–H and O–H groups in total. The third kappa shape index (κ3) is 44.7. The standard InChI is InChI=1S/C50H92O5/c1-3-5-7-9-11-13-15-17-19-21-22-23-24-25-26-27-28-29-31-32-34-36-38-40-42-44-49(52)54-47-48(46-51)55-50(53)45-43-41-39-37-35-33-30-20-18-16-14-12-10-8-6-4-2/h14,16,20-22,30,48,51H,3-13,15,17-19,23-29,31-47H2,1-2H3/b16-14-,22-21-,30-20-. The minimum Gasteiger partial charge on any atom is -0.462 e. The second-order valence-electron chi connectivity index (χ2n) is 16.2. The number of aliphatic hydroxyl groups is 1. The molecule has 5 heteroatoms. The van der Waals surface area contributed by atoms with Crippen molar-refractivity contribution in [1.82, 2.24) is 0 Å². The summed E-state index contributed by atoms with van der Waals surface area (Å²) in [6, 6.07) is 0. The lowest BCUT2D eigenvalue weighted by atomic mass is 10.0. The molecular formula is C50H92O5. The molecule has 0 aliphatic carbocycles. The minimum atomic E-state index is -0.777. The number of unbranched alkanes of at least 4 members (excludes halogenated alkanes) is 30. The Labute approximate surface area is 342 Å². The Hall–Kier alpha value is -1.88. The number of aliphatic hydroxyl groups excluding tert-OH is 1. The van der Waals surface area contributed by atoms with Gasteiger partial charge in [-0.1, -0.05) is 204 Å². The Balaban J connectivity index is 3.49. The van der Waals surface area contributed by atoms with Crippen molar-refractivity contribution in [3.8, 4) is 0 Å². The summed E-state index contributed by atoms with van der Waals surface area (Å²) in [5.74, 6) is -0.598.